The molecule has 1 fully saturated rings. The van der Waals surface area contributed by atoms with Crippen molar-refractivity contribution < 1.29 is 9.84 Å². The van der Waals surface area contributed by atoms with Gasteiger partial charge in [-0.2, -0.15) is 4.98 Å². The van der Waals surface area contributed by atoms with Crippen molar-refractivity contribution in [3.8, 4) is 0 Å². The summed E-state index contributed by atoms with van der Waals surface area (Å²) in [6.45, 7) is 6.63. The number of rotatable bonds is 5. The SMILES string of the molecule is CC(C)(C)[Si](c1ccccc1)(c1ccccc1)C(O)[C@@H]1CC[C@H](n2ccc(N)nc2=O)O1. The average molecular weight is 450 g/mol. The summed E-state index contributed by atoms with van der Waals surface area (Å²) in [7, 11) is -2.76. The van der Waals surface area contributed by atoms with Gasteiger partial charge < -0.3 is 15.6 Å². The Hall–Kier alpha value is -2.74. The van der Waals surface area contributed by atoms with Gasteiger partial charge in [0, 0.05) is 6.20 Å². The first-order valence-electron chi connectivity index (χ1n) is 11.0. The molecule has 0 spiro atoms. The van der Waals surface area contributed by atoms with Crippen LogP contribution >= 0.6 is 0 Å². The van der Waals surface area contributed by atoms with E-state index >= 15 is 0 Å². The lowest BCUT2D eigenvalue weighted by molar-refractivity contribution is -0.0398. The van der Waals surface area contributed by atoms with E-state index in [0.29, 0.717) is 12.8 Å². The zero-order chi connectivity index (χ0) is 22.9. The third-order valence-electron chi connectivity index (χ3n) is 6.63. The number of benzene rings is 2. The van der Waals surface area contributed by atoms with Crippen molar-refractivity contribution in [2.75, 3.05) is 5.73 Å². The van der Waals surface area contributed by atoms with Crippen LogP contribution in [0.2, 0.25) is 5.04 Å². The Morgan fingerprint density at radius 1 is 1.03 bits per heavy atom. The van der Waals surface area contributed by atoms with Gasteiger partial charge in [0.15, 0.2) is 8.07 Å². The molecular weight excluding hydrogens is 418 g/mol. The summed E-state index contributed by atoms with van der Waals surface area (Å²) in [6, 6.07) is 22.3. The summed E-state index contributed by atoms with van der Waals surface area (Å²) < 4.78 is 7.81. The summed E-state index contributed by atoms with van der Waals surface area (Å²) in [5.41, 5.74) is 4.50. The number of aromatic nitrogens is 2. The van der Waals surface area contributed by atoms with E-state index in [1.807, 2.05) is 36.4 Å². The van der Waals surface area contributed by atoms with E-state index < -0.39 is 31.8 Å². The summed E-state index contributed by atoms with van der Waals surface area (Å²) in [5.74, 6) is 0.188. The van der Waals surface area contributed by atoms with Crippen LogP contribution in [0.25, 0.3) is 0 Å². The molecule has 3 atom stereocenters. The quantitative estimate of drug-likeness (QED) is 0.584. The van der Waals surface area contributed by atoms with Gasteiger partial charge in [0.05, 0.1) is 11.8 Å². The molecule has 168 valence electrons. The summed E-state index contributed by atoms with van der Waals surface area (Å²) in [5, 5.41) is 14.2. The maximum Gasteiger partial charge on any atom is 0.351 e. The van der Waals surface area contributed by atoms with Gasteiger partial charge in [-0.3, -0.25) is 4.57 Å². The van der Waals surface area contributed by atoms with E-state index in [1.54, 1.807) is 12.3 Å². The van der Waals surface area contributed by atoms with Gasteiger partial charge in [-0.1, -0.05) is 91.8 Å². The highest BCUT2D eigenvalue weighted by atomic mass is 28.3. The van der Waals surface area contributed by atoms with Crippen LogP contribution in [0.5, 0.6) is 0 Å². The largest absolute Gasteiger partial charge is 0.393 e. The van der Waals surface area contributed by atoms with Crippen LogP contribution in [0.1, 0.15) is 39.8 Å². The van der Waals surface area contributed by atoms with Crippen molar-refractivity contribution in [2.24, 2.45) is 0 Å². The maximum atomic E-state index is 12.3. The van der Waals surface area contributed by atoms with E-state index in [1.165, 1.54) is 14.9 Å². The van der Waals surface area contributed by atoms with Crippen molar-refractivity contribution in [1.82, 2.24) is 9.55 Å². The van der Waals surface area contributed by atoms with Crippen molar-refractivity contribution >= 4 is 24.3 Å². The van der Waals surface area contributed by atoms with E-state index in [4.69, 9.17) is 10.5 Å². The minimum Gasteiger partial charge on any atom is -0.393 e. The smallest absolute Gasteiger partial charge is 0.351 e. The molecule has 0 bridgehead atoms. The molecule has 32 heavy (non-hydrogen) atoms. The molecule has 0 radical (unpaired) electrons. The van der Waals surface area contributed by atoms with E-state index in [9.17, 15) is 9.90 Å². The molecule has 4 rings (SSSR count). The highest BCUT2D eigenvalue weighted by Gasteiger charge is 2.56. The molecule has 3 N–H and O–H groups in total. The number of hydrogen-bond donors (Lipinski definition) is 2. The molecule has 2 aromatic carbocycles. The van der Waals surface area contributed by atoms with Crippen LogP contribution in [0.15, 0.2) is 77.7 Å². The lowest BCUT2D eigenvalue weighted by atomic mass is 10.2. The number of ether oxygens (including phenoxy) is 1. The van der Waals surface area contributed by atoms with Gasteiger partial charge in [0.2, 0.25) is 0 Å². The summed E-state index contributed by atoms with van der Waals surface area (Å²) >= 11 is 0. The zero-order valence-electron chi connectivity index (χ0n) is 18.8. The molecule has 0 amide bonds. The molecule has 6 nitrogen and oxygen atoms in total. The van der Waals surface area contributed by atoms with Crippen molar-refractivity contribution in [3.63, 3.8) is 0 Å². The number of nitrogens with zero attached hydrogens (tertiary/aromatic N) is 2. The molecule has 0 aliphatic carbocycles. The normalized spacial score (nSPS) is 20.2. The maximum absolute atomic E-state index is 12.3. The minimum atomic E-state index is -2.76. The van der Waals surface area contributed by atoms with Gasteiger partial charge in [-0.05, 0) is 23.9 Å². The van der Waals surface area contributed by atoms with Crippen LogP contribution in [0.4, 0.5) is 5.82 Å². The molecular formula is C25H31N3O3Si. The van der Waals surface area contributed by atoms with Crippen LogP contribution in [0.3, 0.4) is 0 Å². The standard InChI is InChI=1S/C25H31N3O3Si/c1-25(2,3)32(18-10-6-4-7-11-18,19-12-8-5-9-13-19)23(29)20-14-15-22(31-20)28-17-16-21(26)27-24(28)30/h4-13,16-17,20,22-23,29H,14-15H2,1-3H3,(H2,26,27,30)/t20-,22+,23?/m0/s1. The van der Waals surface area contributed by atoms with Crippen LogP contribution in [-0.4, -0.2) is 34.6 Å². The number of anilines is 1. The molecule has 2 heterocycles. The van der Waals surface area contributed by atoms with Gasteiger partial charge in [0.1, 0.15) is 12.0 Å². The minimum absolute atomic E-state index is 0.188. The summed E-state index contributed by atoms with van der Waals surface area (Å²) in [6.07, 6.45) is 2.05. The molecule has 1 aliphatic heterocycles. The number of hydrogen-bond acceptors (Lipinski definition) is 5. The fourth-order valence-corrected chi connectivity index (χ4v) is 11.1. The van der Waals surface area contributed by atoms with Crippen LogP contribution in [0, 0.1) is 0 Å². The second kappa shape index (κ2) is 8.65. The Kier molecular flexibility index (Phi) is 6.07. The number of nitrogen functional groups attached to an aromatic ring is 1. The fraction of sp³-hybridized carbons (Fsp3) is 0.360. The predicted octanol–water partition coefficient (Wildman–Crippen LogP) is 2.47. The van der Waals surface area contributed by atoms with E-state index in [2.05, 4.69) is 50.0 Å². The first-order chi connectivity index (χ1) is 15.2. The van der Waals surface area contributed by atoms with E-state index in [0.717, 1.165) is 0 Å². The molecule has 7 heteroatoms. The predicted molar refractivity (Wildman–Crippen MR) is 130 cm³/mol. The second-order valence-corrected chi connectivity index (χ2v) is 14.3. The Morgan fingerprint density at radius 2 is 1.59 bits per heavy atom. The Morgan fingerprint density at radius 3 is 2.09 bits per heavy atom. The number of aliphatic hydroxyl groups is 1. The zero-order valence-corrected chi connectivity index (χ0v) is 19.8. The Balaban J connectivity index is 1.78. The first kappa shape index (κ1) is 22.5. The second-order valence-electron chi connectivity index (χ2n) is 9.48. The Labute approximate surface area is 189 Å². The average Bonchev–Trinajstić information content (AvgIpc) is 3.24. The van der Waals surface area contributed by atoms with Gasteiger partial charge in [-0.25, -0.2) is 4.79 Å². The van der Waals surface area contributed by atoms with Gasteiger partial charge >= 0.3 is 5.69 Å². The van der Waals surface area contributed by atoms with Crippen LogP contribution in [-0.2, 0) is 4.74 Å². The molecule has 3 aromatic rings. The van der Waals surface area contributed by atoms with Crippen molar-refractivity contribution in [3.05, 3.63) is 83.4 Å². The van der Waals surface area contributed by atoms with Crippen LogP contribution < -0.4 is 21.8 Å². The molecule has 0 saturated carbocycles. The first-order valence-corrected chi connectivity index (χ1v) is 13.1. The molecule has 1 aliphatic rings. The highest BCUT2D eigenvalue weighted by molar-refractivity contribution is 7.05. The molecule has 1 unspecified atom stereocenters. The number of aliphatic hydroxyl groups excluding tert-OH is 1. The molecule has 1 saturated heterocycles. The lowest BCUT2D eigenvalue weighted by Gasteiger charge is -2.48. The summed E-state index contributed by atoms with van der Waals surface area (Å²) in [4.78, 5) is 16.2. The Bertz CT molecular complexity index is 1070. The van der Waals surface area contributed by atoms with Crippen molar-refractivity contribution in [2.45, 2.75) is 56.7 Å². The van der Waals surface area contributed by atoms with E-state index in [-0.39, 0.29) is 10.9 Å². The van der Waals surface area contributed by atoms with Gasteiger partial charge in [0.25, 0.3) is 0 Å². The monoisotopic (exact) mass is 449 g/mol. The van der Waals surface area contributed by atoms with Crippen molar-refractivity contribution in [1.29, 1.82) is 0 Å². The lowest BCUT2D eigenvalue weighted by Crippen LogP contribution is -2.74. The topological polar surface area (TPSA) is 90.4 Å². The van der Waals surface area contributed by atoms with Gasteiger partial charge in [-0.15, -0.1) is 0 Å². The molecule has 1 aromatic heterocycles. The third kappa shape index (κ3) is 3.81. The fourth-order valence-electron chi connectivity index (χ4n) is 5.23. The third-order valence-corrected chi connectivity index (χ3v) is 12.7. The number of nitrogens with two attached hydrogens (primary N) is 1. The highest BCUT2D eigenvalue weighted by Crippen LogP contribution is 2.42.